The highest BCUT2D eigenvalue weighted by Gasteiger charge is 2.11. The molecule has 0 spiro atoms. The summed E-state index contributed by atoms with van der Waals surface area (Å²) in [7, 11) is 0. The third-order valence-electron chi connectivity index (χ3n) is 2.64. The Kier molecular flexibility index (Phi) is 4.95. The number of halogens is 1. The van der Waals surface area contributed by atoms with Crippen LogP contribution in [0.5, 0.6) is 5.88 Å². The van der Waals surface area contributed by atoms with Crippen molar-refractivity contribution < 1.29 is 4.74 Å². The van der Waals surface area contributed by atoms with Gasteiger partial charge in [0.2, 0.25) is 5.88 Å². The van der Waals surface area contributed by atoms with Crippen molar-refractivity contribution in [3.05, 3.63) is 34.6 Å². The first-order chi connectivity index (χ1) is 10.2. The highest BCUT2D eigenvalue weighted by molar-refractivity contribution is 9.10. The zero-order chi connectivity index (χ0) is 15.2. The van der Waals surface area contributed by atoms with Crippen molar-refractivity contribution >= 4 is 33.1 Å². The lowest BCUT2D eigenvalue weighted by molar-refractivity contribution is 0.307. The molecule has 0 amide bonds. The third kappa shape index (κ3) is 3.61. The number of aromatic nitrogens is 2. The lowest BCUT2D eigenvalue weighted by Crippen LogP contribution is -2.06. The molecular weight excluding hydrogens is 334 g/mol. The molecular formula is C14H14BrN5O. The average molecular weight is 348 g/mol. The monoisotopic (exact) mass is 347 g/mol. The molecule has 0 fully saturated rings. The second kappa shape index (κ2) is 6.90. The van der Waals surface area contributed by atoms with Gasteiger partial charge in [-0.15, -0.1) is 0 Å². The van der Waals surface area contributed by atoms with E-state index in [2.05, 4.69) is 37.3 Å². The molecule has 0 atom stereocenters. The minimum atomic E-state index is 0.349. The van der Waals surface area contributed by atoms with E-state index < -0.39 is 0 Å². The predicted molar refractivity (Wildman–Crippen MR) is 84.4 cm³/mol. The van der Waals surface area contributed by atoms with Crippen LogP contribution in [0.25, 0.3) is 0 Å². The molecule has 0 saturated heterocycles. The van der Waals surface area contributed by atoms with Crippen molar-refractivity contribution in [1.82, 2.24) is 9.97 Å². The summed E-state index contributed by atoms with van der Waals surface area (Å²) < 4.78 is 6.21. The Morgan fingerprint density at radius 1 is 1.43 bits per heavy atom. The van der Waals surface area contributed by atoms with Gasteiger partial charge < -0.3 is 15.8 Å². The Hall–Kier alpha value is -2.33. The van der Waals surface area contributed by atoms with Crippen LogP contribution in [-0.2, 0) is 0 Å². The molecule has 2 aromatic rings. The summed E-state index contributed by atoms with van der Waals surface area (Å²) in [5.74, 6) is 0.820. The van der Waals surface area contributed by atoms with Crippen molar-refractivity contribution in [1.29, 1.82) is 5.26 Å². The molecule has 7 heteroatoms. The van der Waals surface area contributed by atoms with E-state index in [0.29, 0.717) is 29.6 Å². The highest BCUT2D eigenvalue weighted by atomic mass is 79.9. The number of nitrogen functional groups attached to an aromatic ring is 1. The fraction of sp³-hybridized carbons (Fsp3) is 0.214. The van der Waals surface area contributed by atoms with Crippen molar-refractivity contribution in [2.75, 3.05) is 17.7 Å². The van der Waals surface area contributed by atoms with Gasteiger partial charge in [0.25, 0.3) is 0 Å². The molecule has 3 N–H and O–H groups in total. The van der Waals surface area contributed by atoms with Gasteiger partial charge in [-0.05, 0) is 40.5 Å². The van der Waals surface area contributed by atoms with Gasteiger partial charge in [0, 0.05) is 4.47 Å². The number of nitrogens with two attached hydrogens (primary N) is 1. The minimum absolute atomic E-state index is 0.349. The van der Waals surface area contributed by atoms with Gasteiger partial charge in [0.1, 0.15) is 12.0 Å². The lowest BCUT2D eigenvalue weighted by atomic mass is 10.2. The molecule has 0 saturated carbocycles. The minimum Gasteiger partial charge on any atom is -0.476 e. The number of rotatable bonds is 5. The molecule has 0 aliphatic carbocycles. The van der Waals surface area contributed by atoms with E-state index in [9.17, 15) is 0 Å². The average Bonchev–Trinajstić information content (AvgIpc) is 2.50. The fourth-order valence-electron chi connectivity index (χ4n) is 1.61. The summed E-state index contributed by atoms with van der Waals surface area (Å²) in [6.07, 6.45) is 2.26. The second-order valence-corrected chi connectivity index (χ2v) is 5.08. The van der Waals surface area contributed by atoms with Crippen LogP contribution < -0.4 is 15.8 Å². The van der Waals surface area contributed by atoms with Gasteiger partial charge in [-0.3, -0.25) is 0 Å². The number of nitriles is 1. The van der Waals surface area contributed by atoms with Crippen LogP contribution in [0.15, 0.2) is 29.0 Å². The van der Waals surface area contributed by atoms with Crippen LogP contribution in [0.3, 0.4) is 0 Å². The predicted octanol–water partition coefficient (Wildman–Crippen LogP) is 3.23. The van der Waals surface area contributed by atoms with Gasteiger partial charge in [0.15, 0.2) is 5.82 Å². The number of hydrogen-bond donors (Lipinski definition) is 2. The van der Waals surface area contributed by atoms with Crippen LogP contribution in [0, 0.1) is 11.3 Å². The van der Waals surface area contributed by atoms with Crippen molar-refractivity contribution in [3.8, 4) is 11.9 Å². The molecule has 0 bridgehead atoms. The molecule has 1 heterocycles. The first-order valence-electron chi connectivity index (χ1n) is 6.35. The quantitative estimate of drug-likeness (QED) is 0.861. The summed E-state index contributed by atoms with van der Waals surface area (Å²) >= 11 is 3.40. The van der Waals surface area contributed by atoms with Gasteiger partial charge >= 0.3 is 0 Å². The SMILES string of the molecule is CCCOc1ncnc(Nc2ccc(C#N)cc2Br)c1N. The van der Waals surface area contributed by atoms with Gasteiger partial charge in [-0.25, -0.2) is 4.98 Å². The smallest absolute Gasteiger partial charge is 0.242 e. The van der Waals surface area contributed by atoms with Crippen molar-refractivity contribution in [2.45, 2.75) is 13.3 Å². The van der Waals surface area contributed by atoms with Crippen molar-refractivity contribution in [2.24, 2.45) is 0 Å². The first-order valence-corrected chi connectivity index (χ1v) is 7.15. The van der Waals surface area contributed by atoms with Crippen LogP contribution in [0.2, 0.25) is 0 Å². The van der Waals surface area contributed by atoms with Crippen LogP contribution in [-0.4, -0.2) is 16.6 Å². The topological polar surface area (TPSA) is 96.9 Å². The number of hydrogen-bond acceptors (Lipinski definition) is 6. The Labute approximate surface area is 131 Å². The molecule has 6 nitrogen and oxygen atoms in total. The maximum atomic E-state index is 8.86. The Morgan fingerprint density at radius 2 is 2.24 bits per heavy atom. The van der Waals surface area contributed by atoms with E-state index in [4.69, 9.17) is 15.7 Å². The van der Waals surface area contributed by atoms with Crippen molar-refractivity contribution in [3.63, 3.8) is 0 Å². The zero-order valence-corrected chi connectivity index (χ0v) is 13.0. The molecule has 0 radical (unpaired) electrons. The van der Waals surface area contributed by atoms with E-state index in [1.807, 2.05) is 6.92 Å². The van der Waals surface area contributed by atoms with Crippen LogP contribution in [0.4, 0.5) is 17.2 Å². The largest absolute Gasteiger partial charge is 0.476 e. The Balaban J connectivity index is 2.26. The molecule has 0 aliphatic rings. The lowest BCUT2D eigenvalue weighted by Gasteiger charge is -2.12. The summed E-state index contributed by atoms with van der Waals surface area (Å²) in [6.45, 7) is 2.55. The Morgan fingerprint density at radius 3 is 2.90 bits per heavy atom. The second-order valence-electron chi connectivity index (χ2n) is 4.22. The van der Waals surface area contributed by atoms with Gasteiger partial charge in [0.05, 0.1) is 23.9 Å². The van der Waals surface area contributed by atoms with E-state index in [-0.39, 0.29) is 0 Å². The summed E-state index contributed by atoms with van der Waals surface area (Å²) in [4.78, 5) is 8.13. The highest BCUT2D eigenvalue weighted by Crippen LogP contribution is 2.31. The van der Waals surface area contributed by atoms with Crippen LogP contribution in [0.1, 0.15) is 18.9 Å². The normalized spacial score (nSPS) is 9.95. The van der Waals surface area contributed by atoms with Gasteiger partial charge in [-0.2, -0.15) is 10.2 Å². The van der Waals surface area contributed by atoms with E-state index in [1.165, 1.54) is 6.33 Å². The standard InChI is InChI=1S/C14H14BrN5O/c1-2-5-21-14-12(17)13(18-8-19-14)20-11-4-3-9(7-16)6-10(11)15/h3-4,6,8H,2,5,17H2,1H3,(H,18,19,20). The molecule has 0 aliphatic heterocycles. The maximum Gasteiger partial charge on any atom is 0.242 e. The number of benzene rings is 1. The van der Waals surface area contributed by atoms with Crippen LogP contribution >= 0.6 is 15.9 Å². The molecule has 108 valence electrons. The molecule has 1 aromatic heterocycles. The van der Waals surface area contributed by atoms with E-state index >= 15 is 0 Å². The summed E-state index contributed by atoms with van der Waals surface area (Å²) in [5, 5.41) is 12.0. The number of anilines is 3. The van der Waals surface area contributed by atoms with E-state index in [0.717, 1.165) is 16.6 Å². The van der Waals surface area contributed by atoms with Gasteiger partial charge in [-0.1, -0.05) is 6.92 Å². The fourth-order valence-corrected chi connectivity index (χ4v) is 2.08. The first kappa shape index (κ1) is 15.1. The Bertz CT molecular complexity index is 684. The number of ether oxygens (including phenoxy) is 1. The molecule has 0 unspecified atom stereocenters. The molecule has 2 rings (SSSR count). The number of nitrogens with zero attached hydrogens (tertiary/aromatic N) is 3. The summed E-state index contributed by atoms with van der Waals surface area (Å²) in [5.41, 5.74) is 7.66. The molecule has 21 heavy (non-hydrogen) atoms. The van der Waals surface area contributed by atoms with E-state index in [1.54, 1.807) is 18.2 Å². The number of nitrogens with one attached hydrogen (secondary N) is 1. The molecule has 1 aromatic carbocycles. The summed E-state index contributed by atoms with van der Waals surface area (Å²) in [6, 6.07) is 7.27. The maximum absolute atomic E-state index is 8.86. The zero-order valence-electron chi connectivity index (χ0n) is 11.4. The third-order valence-corrected chi connectivity index (χ3v) is 3.30.